The van der Waals surface area contributed by atoms with Crippen LogP contribution in [0.1, 0.15) is 21.5 Å². The molecule has 1 amide bonds. The molecule has 22 heavy (non-hydrogen) atoms. The van der Waals surface area contributed by atoms with Crippen molar-refractivity contribution in [2.75, 3.05) is 7.11 Å². The van der Waals surface area contributed by atoms with Gasteiger partial charge < -0.3 is 9.84 Å². The molecule has 0 saturated heterocycles. The Labute approximate surface area is 136 Å². The van der Waals surface area contributed by atoms with Gasteiger partial charge in [0, 0.05) is 5.56 Å². The summed E-state index contributed by atoms with van der Waals surface area (Å²) in [5.41, 5.74) is 4.74. The van der Waals surface area contributed by atoms with Gasteiger partial charge in [-0.2, -0.15) is 5.10 Å². The number of aryl methyl sites for hydroxylation is 1. The number of carbonyl (C=O) groups excluding carboxylic acids is 1. The maximum absolute atomic E-state index is 11.9. The van der Waals surface area contributed by atoms with Crippen LogP contribution in [0.15, 0.2) is 46.0 Å². The standard InChI is InChI=1S/C16H15BrN2O3/c1-10-3-5-12(6-4-10)16(21)19-18-9-11-7-13(17)15(20)14(8-11)22-2/h3-9,20H,1-2H3,(H,19,21)/b18-9+. The summed E-state index contributed by atoms with van der Waals surface area (Å²) in [6, 6.07) is 10.5. The zero-order valence-electron chi connectivity index (χ0n) is 12.1. The summed E-state index contributed by atoms with van der Waals surface area (Å²) in [5, 5.41) is 13.6. The fourth-order valence-electron chi connectivity index (χ4n) is 1.76. The van der Waals surface area contributed by atoms with Gasteiger partial charge in [0.25, 0.3) is 5.91 Å². The molecule has 2 aromatic rings. The lowest BCUT2D eigenvalue weighted by molar-refractivity contribution is 0.0955. The van der Waals surface area contributed by atoms with Crippen LogP contribution in [0.3, 0.4) is 0 Å². The lowest BCUT2D eigenvalue weighted by Gasteiger charge is -2.06. The van der Waals surface area contributed by atoms with Crippen molar-refractivity contribution in [1.82, 2.24) is 5.43 Å². The fraction of sp³-hybridized carbons (Fsp3) is 0.125. The van der Waals surface area contributed by atoms with Crippen molar-refractivity contribution in [3.63, 3.8) is 0 Å². The molecule has 2 aromatic carbocycles. The number of phenols is 1. The van der Waals surface area contributed by atoms with Gasteiger partial charge in [0.2, 0.25) is 0 Å². The molecule has 2 N–H and O–H groups in total. The number of hydrogen-bond acceptors (Lipinski definition) is 4. The molecule has 0 aliphatic heterocycles. The second kappa shape index (κ2) is 7.09. The first-order chi connectivity index (χ1) is 10.5. The molecule has 0 unspecified atom stereocenters. The predicted molar refractivity (Wildman–Crippen MR) is 88.6 cm³/mol. The van der Waals surface area contributed by atoms with E-state index in [0.29, 0.717) is 21.3 Å². The molecule has 0 saturated carbocycles. The average Bonchev–Trinajstić information content (AvgIpc) is 2.51. The van der Waals surface area contributed by atoms with Gasteiger partial charge >= 0.3 is 0 Å². The Balaban J connectivity index is 2.08. The first kappa shape index (κ1) is 16.0. The van der Waals surface area contributed by atoms with Crippen molar-refractivity contribution in [3.05, 3.63) is 57.6 Å². The van der Waals surface area contributed by atoms with Crippen LogP contribution in [0.5, 0.6) is 11.5 Å². The first-order valence-electron chi connectivity index (χ1n) is 6.48. The summed E-state index contributed by atoms with van der Waals surface area (Å²) in [6.07, 6.45) is 1.47. The van der Waals surface area contributed by atoms with Gasteiger partial charge in [0.15, 0.2) is 11.5 Å². The van der Waals surface area contributed by atoms with E-state index in [-0.39, 0.29) is 11.7 Å². The number of hydrogen-bond donors (Lipinski definition) is 2. The Morgan fingerprint density at radius 3 is 2.64 bits per heavy atom. The Morgan fingerprint density at radius 1 is 1.32 bits per heavy atom. The van der Waals surface area contributed by atoms with E-state index in [1.54, 1.807) is 24.3 Å². The molecule has 5 nitrogen and oxygen atoms in total. The lowest BCUT2D eigenvalue weighted by atomic mass is 10.1. The van der Waals surface area contributed by atoms with Gasteiger partial charge in [-0.1, -0.05) is 17.7 Å². The number of rotatable bonds is 4. The van der Waals surface area contributed by atoms with E-state index in [1.165, 1.54) is 13.3 Å². The van der Waals surface area contributed by atoms with E-state index in [0.717, 1.165) is 5.56 Å². The molecule has 0 spiro atoms. The molecule has 0 bridgehead atoms. The number of benzene rings is 2. The van der Waals surface area contributed by atoms with Gasteiger partial charge in [-0.15, -0.1) is 0 Å². The number of phenolic OH excluding ortho intramolecular Hbond substituents is 1. The molecule has 0 fully saturated rings. The number of methoxy groups -OCH3 is 1. The zero-order chi connectivity index (χ0) is 16.1. The third-order valence-electron chi connectivity index (χ3n) is 2.96. The van der Waals surface area contributed by atoms with E-state index >= 15 is 0 Å². The molecule has 2 rings (SSSR count). The highest BCUT2D eigenvalue weighted by atomic mass is 79.9. The zero-order valence-corrected chi connectivity index (χ0v) is 13.7. The second-order valence-electron chi connectivity index (χ2n) is 4.62. The number of nitrogens with zero attached hydrogens (tertiary/aromatic N) is 1. The quantitative estimate of drug-likeness (QED) is 0.647. The number of hydrazone groups is 1. The van der Waals surface area contributed by atoms with Crippen LogP contribution in [0.2, 0.25) is 0 Å². The Bertz CT molecular complexity index is 712. The average molecular weight is 363 g/mol. The summed E-state index contributed by atoms with van der Waals surface area (Å²) < 4.78 is 5.53. The first-order valence-corrected chi connectivity index (χ1v) is 7.27. The lowest BCUT2D eigenvalue weighted by Crippen LogP contribution is -2.17. The molecular weight excluding hydrogens is 348 g/mol. The summed E-state index contributed by atoms with van der Waals surface area (Å²) in [7, 11) is 1.46. The largest absolute Gasteiger partial charge is 0.503 e. The molecule has 114 valence electrons. The number of ether oxygens (including phenoxy) is 1. The van der Waals surface area contributed by atoms with E-state index in [4.69, 9.17) is 4.74 Å². The fourth-order valence-corrected chi connectivity index (χ4v) is 2.22. The number of halogens is 1. The van der Waals surface area contributed by atoms with Crippen LogP contribution in [-0.2, 0) is 0 Å². The molecule has 6 heteroatoms. The third kappa shape index (κ3) is 3.85. The normalized spacial score (nSPS) is 10.7. The number of aromatic hydroxyl groups is 1. The molecule has 0 aromatic heterocycles. The van der Waals surface area contributed by atoms with Gasteiger partial charge in [-0.3, -0.25) is 4.79 Å². The van der Waals surface area contributed by atoms with E-state index in [9.17, 15) is 9.90 Å². The minimum absolute atomic E-state index is 0.0170. The Hall–Kier alpha value is -2.34. The van der Waals surface area contributed by atoms with E-state index in [2.05, 4.69) is 26.5 Å². The second-order valence-corrected chi connectivity index (χ2v) is 5.47. The molecule has 0 aliphatic rings. The molecule has 0 radical (unpaired) electrons. The minimum Gasteiger partial charge on any atom is -0.503 e. The van der Waals surface area contributed by atoms with Crippen molar-refractivity contribution in [1.29, 1.82) is 0 Å². The van der Waals surface area contributed by atoms with Gasteiger partial charge in [0.05, 0.1) is 17.8 Å². The highest BCUT2D eigenvalue weighted by Gasteiger charge is 2.08. The van der Waals surface area contributed by atoms with Crippen LogP contribution in [0, 0.1) is 6.92 Å². The number of nitrogens with one attached hydrogen (secondary N) is 1. The van der Waals surface area contributed by atoms with Crippen molar-refractivity contribution in [2.24, 2.45) is 5.10 Å². The van der Waals surface area contributed by atoms with Gasteiger partial charge in [-0.25, -0.2) is 5.43 Å². The Kier molecular flexibility index (Phi) is 5.16. The third-order valence-corrected chi connectivity index (χ3v) is 3.57. The highest BCUT2D eigenvalue weighted by molar-refractivity contribution is 9.10. The monoisotopic (exact) mass is 362 g/mol. The summed E-state index contributed by atoms with van der Waals surface area (Å²) in [6.45, 7) is 1.95. The van der Waals surface area contributed by atoms with Crippen molar-refractivity contribution >= 4 is 28.1 Å². The van der Waals surface area contributed by atoms with Crippen LogP contribution in [-0.4, -0.2) is 24.3 Å². The number of carbonyl (C=O) groups is 1. The van der Waals surface area contributed by atoms with Crippen LogP contribution in [0.25, 0.3) is 0 Å². The summed E-state index contributed by atoms with van der Waals surface area (Å²) in [5.74, 6) is 0.0464. The van der Waals surface area contributed by atoms with Crippen LogP contribution in [0.4, 0.5) is 0 Å². The maximum atomic E-state index is 11.9. The summed E-state index contributed by atoms with van der Waals surface area (Å²) in [4.78, 5) is 11.9. The van der Waals surface area contributed by atoms with E-state index < -0.39 is 0 Å². The smallest absolute Gasteiger partial charge is 0.271 e. The molecular formula is C16H15BrN2O3. The van der Waals surface area contributed by atoms with Crippen LogP contribution >= 0.6 is 15.9 Å². The van der Waals surface area contributed by atoms with Gasteiger partial charge in [0.1, 0.15) is 0 Å². The summed E-state index contributed by atoms with van der Waals surface area (Å²) >= 11 is 3.22. The van der Waals surface area contributed by atoms with Crippen molar-refractivity contribution in [2.45, 2.75) is 6.92 Å². The molecule has 0 aliphatic carbocycles. The Morgan fingerprint density at radius 2 is 2.00 bits per heavy atom. The van der Waals surface area contributed by atoms with Crippen molar-refractivity contribution in [3.8, 4) is 11.5 Å². The SMILES string of the molecule is COc1cc(/C=N/NC(=O)c2ccc(C)cc2)cc(Br)c1O. The molecule has 0 heterocycles. The van der Waals surface area contributed by atoms with Crippen LogP contribution < -0.4 is 10.2 Å². The minimum atomic E-state index is -0.291. The van der Waals surface area contributed by atoms with E-state index in [1.807, 2.05) is 19.1 Å². The molecule has 0 atom stereocenters. The predicted octanol–water partition coefficient (Wildman–Crippen LogP) is 3.24. The maximum Gasteiger partial charge on any atom is 0.271 e. The van der Waals surface area contributed by atoms with Gasteiger partial charge in [-0.05, 0) is 52.7 Å². The van der Waals surface area contributed by atoms with Crippen molar-refractivity contribution < 1.29 is 14.6 Å². The highest BCUT2D eigenvalue weighted by Crippen LogP contribution is 2.34. The topological polar surface area (TPSA) is 70.9 Å². The number of amides is 1.